The summed E-state index contributed by atoms with van der Waals surface area (Å²) >= 11 is 0. The Hall–Kier alpha value is -3.09. The van der Waals surface area contributed by atoms with Crippen LogP contribution in [0.2, 0.25) is 0 Å². The van der Waals surface area contributed by atoms with E-state index in [0.29, 0.717) is 50.0 Å². The number of likely N-dealkylation sites (tertiary alicyclic amines) is 2. The van der Waals surface area contributed by atoms with E-state index < -0.39 is 0 Å². The molecule has 0 saturated carbocycles. The first kappa shape index (κ1) is 18.9. The van der Waals surface area contributed by atoms with E-state index >= 15 is 0 Å². The Bertz CT molecular complexity index is 949. The summed E-state index contributed by atoms with van der Waals surface area (Å²) in [6.45, 7) is 2.95. The summed E-state index contributed by atoms with van der Waals surface area (Å²) in [5, 5.41) is 0. The highest BCUT2D eigenvalue weighted by atomic mass is 16.7. The number of hydrogen-bond acceptors (Lipinski definition) is 5. The lowest BCUT2D eigenvalue weighted by molar-refractivity contribution is -0.132. The Labute approximate surface area is 175 Å². The number of hydrogen-bond donors (Lipinski definition) is 0. The van der Waals surface area contributed by atoms with E-state index in [4.69, 9.17) is 9.47 Å². The average molecular weight is 407 g/mol. The number of aromatic nitrogens is 1. The van der Waals surface area contributed by atoms with Gasteiger partial charge in [0.25, 0.3) is 5.91 Å². The number of piperidine rings is 1. The minimum absolute atomic E-state index is 0.0364. The zero-order valence-electron chi connectivity index (χ0n) is 16.8. The zero-order valence-corrected chi connectivity index (χ0v) is 16.8. The van der Waals surface area contributed by atoms with Crippen molar-refractivity contribution >= 4 is 11.8 Å². The van der Waals surface area contributed by atoms with Crippen LogP contribution in [0.15, 0.2) is 42.7 Å². The van der Waals surface area contributed by atoms with Gasteiger partial charge < -0.3 is 19.3 Å². The molecule has 0 spiro atoms. The number of amides is 2. The first-order chi connectivity index (χ1) is 14.7. The summed E-state index contributed by atoms with van der Waals surface area (Å²) in [6, 6.07) is 9.46. The van der Waals surface area contributed by atoms with Crippen LogP contribution >= 0.6 is 0 Å². The van der Waals surface area contributed by atoms with Crippen LogP contribution in [-0.2, 0) is 11.3 Å². The Kier molecular flexibility index (Phi) is 5.02. The fraction of sp³-hybridized carbons (Fsp3) is 0.435. The molecule has 3 aliphatic rings. The van der Waals surface area contributed by atoms with Gasteiger partial charge in [0.2, 0.25) is 12.7 Å². The topological polar surface area (TPSA) is 72.0 Å². The third kappa shape index (κ3) is 3.72. The molecule has 2 fully saturated rings. The Balaban J connectivity index is 1.24. The molecule has 2 amide bonds. The number of carbonyl (C=O) groups is 2. The van der Waals surface area contributed by atoms with E-state index in [1.54, 1.807) is 18.5 Å². The van der Waals surface area contributed by atoms with E-state index in [9.17, 15) is 9.59 Å². The van der Waals surface area contributed by atoms with E-state index in [1.165, 1.54) is 0 Å². The molecule has 5 rings (SSSR count). The number of pyridine rings is 1. The number of nitrogens with zero attached hydrogens (tertiary/aromatic N) is 3. The molecular weight excluding hydrogens is 382 g/mol. The summed E-state index contributed by atoms with van der Waals surface area (Å²) < 4.78 is 10.8. The SMILES string of the molecule is O=C1C[C@H]2CCN(C(=O)c3cccnc3)C[C@@H]2CCN1Cc1ccc2c(c1)OCO2. The lowest BCUT2D eigenvalue weighted by Crippen LogP contribution is -2.44. The van der Waals surface area contributed by atoms with Gasteiger partial charge in [-0.05, 0) is 54.5 Å². The lowest BCUT2D eigenvalue weighted by atomic mass is 9.82. The fourth-order valence-electron chi connectivity index (χ4n) is 4.76. The van der Waals surface area contributed by atoms with Gasteiger partial charge in [-0.3, -0.25) is 14.6 Å². The Morgan fingerprint density at radius 2 is 1.97 bits per heavy atom. The fourth-order valence-corrected chi connectivity index (χ4v) is 4.76. The van der Waals surface area contributed by atoms with Crippen LogP contribution in [0.3, 0.4) is 0 Å². The Morgan fingerprint density at radius 1 is 1.10 bits per heavy atom. The smallest absolute Gasteiger partial charge is 0.255 e. The standard InChI is InChI=1S/C23H25N3O4/c27-22-11-17-5-9-26(23(28)18-2-1-7-24-12-18)14-19(17)6-8-25(22)13-16-3-4-20-21(10-16)30-15-29-20/h1-4,7,10,12,17,19H,5-6,8-9,11,13-15H2/t17-,19+/m1/s1. The predicted molar refractivity (Wildman–Crippen MR) is 109 cm³/mol. The molecule has 2 saturated heterocycles. The third-order valence-corrected chi connectivity index (χ3v) is 6.46. The van der Waals surface area contributed by atoms with Crippen molar-refractivity contribution in [3.8, 4) is 11.5 Å². The lowest BCUT2D eigenvalue weighted by Gasteiger charge is -2.37. The second-order valence-corrected chi connectivity index (χ2v) is 8.30. The zero-order chi connectivity index (χ0) is 20.5. The molecule has 7 nitrogen and oxygen atoms in total. The summed E-state index contributed by atoms with van der Waals surface area (Å²) in [7, 11) is 0. The molecule has 0 unspecified atom stereocenters. The van der Waals surface area contributed by atoms with Crippen molar-refractivity contribution in [2.24, 2.45) is 11.8 Å². The Morgan fingerprint density at radius 3 is 2.83 bits per heavy atom. The van der Waals surface area contributed by atoms with Crippen molar-refractivity contribution in [1.29, 1.82) is 0 Å². The van der Waals surface area contributed by atoms with Crippen LogP contribution in [-0.4, -0.2) is 53.0 Å². The molecule has 3 aliphatic heterocycles. The van der Waals surface area contributed by atoms with E-state index in [2.05, 4.69) is 4.98 Å². The minimum atomic E-state index is 0.0364. The van der Waals surface area contributed by atoms with Crippen LogP contribution < -0.4 is 9.47 Å². The van der Waals surface area contributed by atoms with Gasteiger partial charge in [0.15, 0.2) is 11.5 Å². The van der Waals surface area contributed by atoms with Crippen LogP contribution in [0.4, 0.5) is 0 Å². The largest absolute Gasteiger partial charge is 0.454 e. The highest BCUT2D eigenvalue weighted by molar-refractivity contribution is 5.94. The summed E-state index contributed by atoms with van der Waals surface area (Å²) in [4.78, 5) is 33.7. The van der Waals surface area contributed by atoms with Crippen molar-refractivity contribution in [3.63, 3.8) is 0 Å². The first-order valence-corrected chi connectivity index (χ1v) is 10.5. The van der Waals surface area contributed by atoms with Gasteiger partial charge in [0, 0.05) is 45.0 Å². The van der Waals surface area contributed by atoms with Crippen LogP contribution in [0.25, 0.3) is 0 Å². The number of fused-ring (bicyclic) bond motifs is 2. The molecule has 0 bridgehead atoms. The van der Waals surface area contributed by atoms with Gasteiger partial charge >= 0.3 is 0 Å². The number of carbonyl (C=O) groups excluding carboxylic acids is 2. The summed E-state index contributed by atoms with van der Waals surface area (Å²) in [6.07, 6.45) is 5.65. The second-order valence-electron chi connectivity index (χ2n) is 8.30. The molecular formula is C23H25N3O4. The molecule has 156 valence electrons. The van der Waals surface area contributed by atoms with E-state index in [1.807, 2.05) is 34.1 Å². The van der Waals surface area contributed by atoms with Crippen molar-refractivity contribution in [2.45, 2.75) is 25.8 Å². The third-order valence-electron chi connectivity index (χ3n) is 6.46. The normalized spacial score (nSPS) is 23.1. The predicted octanol–water partition coefficient (Wildman–Crippen LogP) is 2.71. The van der Waals surface area contributed by atoms with Gasteiger partial charge in [0.1, 0.15) is 0 Å². The second kappa shape index (κ2) is 7.97. The van der Waals surface area contributed by atoms with E-state index in [-0.39, 0.29) is 18.6 Å². The van der Waals surface area contributed by atoms with Gasteiger partial charge in [-0.2, -0.15) is 0 Å². The summed E-state index contributed by atoms with van der Waals surface area (Å²) in [5.74, 6) is 2.43. The molecule has 0 N–H and O–H groups in total. The molecule has 4 heterocycles. The van der Waals surface area contributed by atoms with E-state index in [0.717, 1.165) is 29.9 Å². The van der Waals surface area contributed by atoms with Crippen molar-refractivity contribution in [3.05, 3.63) is 53.9 Å². The van der Waals surface area contributed by atoms with Crippen LogP contribution in [0.5, 0.6) is 11.5 Å². The average Bonchev–Trinajstić information content (AvgIpc) is 3.19. The first-order valence-electron chi connectivity index (χ1n) is 10.5. The van der Waals surface area contributed by atoms with Gasteiger partial charge in [0.05, 0.1) is 5.56 Å². The maximum Gasteiger partial charge on any atom is 0.255 e. The molecule has 2 atom stereocenters. The van der Waals surface area contributed by atoms with Gasteiger partial charge in [-0.25, -0.2) is 0 Å². The number of rotatable bonds is 3. The summed E-state index contributed by atoms with van der Waals surface area (Å²) in [5.41, 5.74) is 1.68. The highest BCUT2D eigenvalue weighted by Gasteiger charge is 2.36. The molecule has 2 aromatic rings. The molecule has 1 aromatic heterocycles. The minimum Gasteiger partial charge on any atom is -0.454 e. The maximum absolute atomic E-state index is 12.9. The quantitative estimate of drug-likeness (QED) is 0.782. The molecule has 1 aromatic carbocycles. The van der Waals surface area contributed by atoms with Crippen molar-refractivity contribution in [2.75, 3.05) is 26.4 Å². The molecule has 0 radical (unpaired) electrons. The molecule has 30 heavy (non-hydrogen) atoms. The maximum atomic E-state index is 12.9. The van der Waals surface area contributed by atoms with Crippen molar-refractivity contribution < 1.29 is 19.1 Å². The van der Waals surface area contributed by atoms with Gasteiger partial charge in [-0.1, -0.05) is 6.07 Å². The molecule has 0 aliphatic carbocycles. The van der Waals surface area contributed by atoms with Crippen LogP contribution in [0, 0.1) is 11.8 Å². The number of benzene rings is 1. The van der Waals surface area contributed by atoms with Gasteiger partial charge in [-0.15, -0.1) is 0 Å². The highest BCUT2D eigenvalue weighted by Crippen LogP contribution is 2.35. The monoisotopic (exact) mass is 407 g/mol. The van der Waals surface area contributed by atoms with Crippen molar-refractivity contribution in [1.82, 2.24) is 14.8 Å². The van der Waals surface area contributed by atoms with Crippen LogP contribution in [0.1, 0.15) is 35.2 Å². The number of ether oxygens (including phenoxy) is 2. The molecule has 7 heteroatoms.